The van der Waals surface area contributed by atoms with Crippen LogP contribution >= 0.6 is 0 Å². The molecule has 1 unspecified atom stereocenters. The van der Waals surface area contributed by atoms with Gasteiger partial charge in [0.15, 0.2) is 0 Å². The number of benzene rings is 1. The summed E-state index contributed by atoms with van der Waals surface area (Å²) in [6.07, 6.45) is 8.57. The molecule has 4 nitrogen and oxygen atoms in total. The molecule has 20 heavy (non-hydrogen) atoms. The first-order valence-electron chi connectivity index (χ1n) is 7.23. The van der Waals surface area contributed by atoms with Crippen LogP contribution in [0.4, 0.5) is 0 Å². The Labute approximate surface area is 119 Å². The third-order valence-corrected chi connectivity index (χ3v) is 3.91. The van der Waals surface area contributed by atoms with Crippen LogP contribution in [-0.2, 0) is 19.9 Å². The molecule has 0 saturated carbocycles. The summed E-state index contributed by atoms with van der Waals surface area (Å²) in [6.45, 7) is 0.447. The topological polar surface area (TPSA) is 53.1 Å². The van der Waals surface area contributed by atoms with Gasteiger partial charge in [-0.15, -0.1) is 0 Å². The van der Waals surface area contributed by atoms with Crippen LogP contribution in [0.2, 0.25) is 0 Å². The fraction of sp³-hybridized carbons (Fsp3) is 0.438. The van der Waals surface area contributed by atoms with Gasteiger partial charge in [-0.25, -0.2) is 0 Å². The van der Waals surface area contributed by atoms with Gasteiger partial charge in [-0.05, 0) is 48.9 Å². The molecule has 1 heterocycles. The number of nitrogens with zero attached hydrogens (tertiary/aromatic N) is 2. The first-order chi connectivity index (χ1) is 9.76. The number of hydrogen-bond donors (Lipinski definition) is 1. The highest BCUT2D eigenvalue weighted by molar-refractivity contribution is 5.37. The fourth-order valence-electron chi connectivity index (χ4n) is 2.81. The Morgan fingerprint density at radius 1 is 1.30 bits per heavy atom. The van der Waals surface area contributed by atoms with Gasteiger partial charge in [0.1, 0.15) is 11.9 Å². The van der Waals surface area contributed by atoms with Gasteiger partial charge < -0.3 is 10.5 Å². The number of aromatic nitrogens is 2. The molecule has 1 aromatic carbocycles. The average Bonchev–Trinajstić information content (AvgIpc) is 2.91. The number of fused-ring (bicyclic) bond motifs is 1. The Kier molecular flexibility index (Phi) is 3.74. The van der Waals surface area contributed by atoms with Crippen LogP contribution in [0.3, 0.4) is 0 Å². The zero-order valence-electron chi connectivity index (χ0n) is 11.9. The Bertz CT molecular complexity index is 591. The highest BCUT2D eigenvalue weighted by Crippen LogP contribution is 2.28. The van der Waals surface area contributed by atoms with Gasteiger partial charge in [-0.2, -0.15) is 5.10 Å². The Morgan fingerprint density at radius 2 is 2.10 bits per heavy atom. The molecule has 3 rings (SSSR count). The van der Waals surface area contributed by atoms with Crippen molar-refractivity contribution >= 4 is 0 Å². The van der Waals surface area contributed by atoms with E-state index in [1.807, 2.05) is 19.4 Å². The number of hydrogen-bond acceptors (Lipinski definition) is 3. The summed E-state index contributed by atoms with van der Waals surface area (Å²) in [5, 5.41) is 4.18. The second-order valence-electron chi connectivity index (χ2n) is 5.43. The van der Waals surface area contributed by atoms with E-state index in [2.05, 4.69) is 23.3 Å². The van der Waals surface area contributed by atoms with Gasteiger partial charge in [0.25, 0.3) is 0 Å². The molecular formula is C16H21N3O. The first-order valence-corrected chi connectivity index (χ1v) is 7.23. The third-order valence-electron chi connectivity index (χ3n) is 3.91. The molecule has 1 atom stereocenters. The second kappa shape index (κ2) is 5.67. The summed E-state index contributed by atoms with van der Waals surface area (Å²) in [7, 11) is 1.90. The summed E-state index contributed by atoms with van der Waals surface area (Å²) < 4.78 is 7.82. The lowest BCUT2D eigenvalue weighted by Gasteiger charge is -2.20. The van der Waals surface area contributed by atoms with Crippen molar-refractivity contribution < 1.29 is 4.74 Å². The lowest BCUT2D eigenvalue weighted by atomic mass is 9.92. The van der Waals surface area contributed by atoms with Crippen molar-refractivity contribution in [3.63, 3.8) is 0 Å². The molecule has 0 radical (unpaired) electrons. The average molecular weight is 271 g/mol. The van der Waals surface area contributed by atoms with E-state index in [0.29, 0.717) is 6.54 Å². The highest BCUT2D eigenvalue weighted by atomic mass is 16.5. The van der Waals surface area contributed by atoms with Gasteiger partial charge in [0.2, 0.25) is 0 Å². The van der Waals surface area contributed by atoms with Crippen LogP contribution in [-0.4, -0.2) is 16.3 Å². The lowest BCUT2D eigenvalue weighted by Crippen LogP contribution is -2.18. The van der Waals surface area contributed by atoms with E-state index in [9.17, 15) is 0 Å². The minimum absolute atomic E-state index is 0.134. The minimum atomic E-state index is -0.134. The van der Waals surface area contributed by atoms with Crippen molar-refractivity contribution in [2.75, 3.05) is 6.54 Å². The van der Waals surface area contributed by atoms with E-state index >= 15 is 0 Å². The molecule has 0 saturated heterocycles. The largest absolute Gasteiger partial charge is 0.484 e. The van der Waals surface area contributed by atoms with Crippen molar-refractivity contribution in [1.82, 2.24) is 9.78 Å². The SMILES string of the molecule is Cn1cc(C(CN)Oc2ccc3c(c2)CCCC3)cn1. The maximum Gasteiger partial charge on any atom is 0.139 e. The van der Waals surface area contributed by atoms with Crippen LogP contribution in [0.25, 0.3) is 0 Å². The van der Waals surface area contributed by atoms with Crippen LogP contribution < -0.4 is 10.5 Å². The molecule has 106 valence electrons. The van der Waals surface area contributed by atoms with E-state index in [1.54, 1.807) is 4.68 Å². The highest BCUT2D eigenvalue weighted by Gasteiger charge is 2.15. The van der Waals surface area contributed by atoms with E-state index in [4.69, 9.17) is 10.5 Å². The minimum Gasteiger partial charge on any atom is -0.484 e. The fourth-order valence-corrected chi connectivity index (χ4v) is 2.81. The number of ether oxygens (including phenoxy) is 1. The number of nitrogens with two attached hydrogens (primary N) is 1. The van der Waals surface area contributed by atoms with Crippen molar-refractivity contribution in [3.05, 3.63) is 47.3 Å². The summed E-state index contributed by atoms with van der Waals surface area (Å²) in [5.74, 6) is 0.907. The molecule has 1 aromatic heterocycles. The Morgan fingerprint density at radius 3 is 2.80 bits per heavy atom. The Hall–Kier alpha value is -1.81. The van der Waals surface area contributed by atoms with Crippen LogP contribution in [0, 0.1) is 0 Å². The molecule has 2 aromatic rings. The normalized spacial score (nSPS) is 15.7. The molecular weight excluding hydrogens is 250 g/mol. The summed E-state index contributed by atoms with van der Waals surface area (Å²) in [5.41, 5.74) is 9.75. The van der Waals surface area contributed by atoms with Gasteiger partial charge in [0, 0.05) is 25.4 Å². The lowest BCUT2D eigenvalue weighted by molar-refractivity contribution is 0.214. The summed E-state index contributed by atoms with van der Waals surface area (Å²) in [6, 6.07) is 6.43. The summed E-state index contributed by atoms with van der Waals surface area (Å²) in [4.78, 5) is 0. The molecule has 4 heteroatoms. The maximum atomic E-state index is 6.05. The summed E-state index contributed by atoms with van der Waals surface area (Å²) >= 11 is 0. The van der Waals surface area contributed by atoms with Gasteiger partial charge >= 0.3 is 0 Å². The molecule has 2 N–H and O–H groups in total. The quantitative estimate of drug-likeness (QED) is 0.929. The smallest absolute Gasteiger partial charge is 0.139 e. The van der Waals surface area contributed by atoms with Crippen molar-refractivity contribution in [2.24, 2.45) is 12.8 Å². The zero-order chi connectivity index (χ0) is 13.9. The number of rotatable bonds is 4. The predicted molar refractivity (Wildman–Crippen MR) is 78.7 cm³/mol. The van der Waals surface area contributed by atoms with Gasteiger partial charge in [0.05, 0.1) is 6.20 Å². The maximum absolute atomic E-state index is 6.05. The second-order valence-corrected chi connectivity index (χ2v) is 5.43. The van der Waals surface area contributed by atoms with Gasteiger partial charge in [-0.1, -0.05) is 6.07 Å². The van der Waals surface area contributed by atoms with E-state index in [-0.39, 0.29) is 6.10 Å². The molecule has 0 bridgehead atoms. The van der Waals surface area contributed by atoms with Crippen molar-refractivity contribution in [3.8, 4) is 5.75 Å². The van der Waals surface area contributed by atoms with Crippen LogP contribution in [0.5, 0.6) is 5.75 Å². The molecule has 0 spiro atoms. The van der Waals surface area contributed by atoms with Crippen molar-refractivity contribution in [2.45, 2.75) is 31.8 Å². The molecule has 0 fully saturated rings. The Balaban J connectivity index is 1.79. The molecule has 1 aliphatic carbocycles. The third kappa shape index (κ3) is 2.70. The molecule has 0 amide bonds. The van der Waals surface area contributed by atoms with E-state index in [0.717, 1.165) is 17.7 Å². The van der Waals surface area contributed by atoms with Crippen LogP contribution in [0.1, 0.15) is 35.6 Å². The predicted octanol–water partition coefficient (Wildman–Crippen LogP) is 2.38. The standard InChI is InChI=1S/C16H21N3O/c1-19-11-14(10-18-19)16(9-17)20-15-7-6-12-4-2-3-5-13(12)8-15/h6-8,10-11,16H,2-5,9,17H2,1H3. The van der Waals surface area contributed by atoms with Gasteiger partial charge in [-0.3, -0.25) is 4.68 Å². The zero-order valence-corrected chi connectivity index (χ0v) is 11.9. The first kappa shape index (κ1) is 13.2. The van der Waals surface area contributed by atoms with E-state index < -0.39 is 0 Å². The molecule has 0 aliphatic heterocycles. The monoisotopic (exact) mass is 271 g/mol. The molecule has 1 aliphatic rings. The number of aryl methyl sites for hydroxylation is 3. The van der Waals surface area contributed by atoms with Crippen LogP contribution in [0.15, 0.2) is 30.6 Å². The van der Waals surface area contributed by atoms with E-state index in [1.165, 1.54) is 30.4 Å². The van der Waals surface area contributed by atoms with Crippen molar-refractivity contribution in [1.29, 1.82) is 0 Å².